The molecule has 0 radical (unpaired) electrons. The van der Waals surface area contributed by atoms with Crippen LogP contribution in [0, 0.1) is 0 Å². The fraction of sp³-hybridized carbons (Fsp3) is 0.824. The van der Waals surface area contributed by atoms with Crippen molar-refractivity contribution in [2.24, 2.45) is 7.05 Å². The summed E-state index contributed by atoms with van der Waals surface area (Å²) in [6.07, 6.45) is 9.29. The largest absolute Gasteiger partial charge is 0.313 e. The molecule has 1 saturated carbocycles. The highest BCUT2D eigenvalue weighted by Crippen LogP contribution is 2.28. The third kappa shape index (κ3) is 5.33. The third-order valence-electron chi connectivity index (χ3n) is 4.42. The van der Waals surface area contributed by atoms with E-state index in [2.05, 4.69) is 53.8 Å². The Balaban J connectivity index is 1.86. The van der Waals surface area contributed by atoms with E-state index >= 15 is 0 Å². The average molecular weight is 310 g/mol. The highest BCUT2D eigenvalue weighted by molar-refractivity contribution is 7.99. The Morgan fingerprint density at radius 3 is 2.71 bits per heavy atom. The van der Waals surface area contributed by atoms with Crippen LogP contribution in [0.3, 0.4) is 0 Å². The molecular formula is C17H31N3S. The second-order valence-corrected chi connectivity index (χ2v) is 7.49. The summed E-state index contributed by atoms with van der Waals surface area (Å²) in [5, 5.41) is 9.14. The van der Waals surface area contributed by atoms with Crippen LogP contribution < -0.4 is 5.32 Å². The highest BCUT2D eigenvalue weighted by atomic mass is 32.2. The van der Waals surface area contributed by atoms with Gasteiger partial charge in [0.1, 0.15) is 0 Å². The maximum Gasteiger partial charge on any atom is 0.0624 e. The summed E-state index contributed by atoms with van der Waals surface area (Å²) >= 11 is 2.19. The van der Waals surface area contributed by atoms with Crippen LogP contribution in [0.15, 0.2) is 6.07 Å². The molecule has 1 aromatic rings. The molecule has 0 aliphatic heterocycles. The lowest BCUT2D eigenvalue weighted by molar-refractivity contribution is 0.511. The van der Waals surface area contributed by atoms with E-state index in [4.69, 9.17) is 0 Å². The van der Waals surface area contributed by atoms with Crippen LogP contribution in [0.4, 0.5) is 0 Å². The van der Waals surface area contributed by atoms with Crippen molar-refractivity contribution >= 4 is 11.8 Å². The van der Waals surface area contributed by atoms with Crippen LogP contribution in [0.25, 0.3) is 0 Å². The van der Waals surface area contributed by atoms with Gasteiger partial charge in [-0.1, -0.05) is 33.1 Å². The summed E-state index contributed by atoms with van der Waals surface area (Å²) in [6, 6.07) is 2.84. The zero-order valence-electron chi connectivity index (χ0n) is 13.9. The first-order chi connectivity index (χ1) is 10.2. The van der Waals surface area contributed by atoms with Gasteiger partial charge in [-0.2, -0.15) is 16.9 Å². The molecule has 2 rings (SSSR count). The summed E-state index contributed by atoms with van der Waals surface area (Å²) < 4.78 is 2.06. The maximum atomic E-state index is 4.57. The average Bonchev–Trinajstić information content (AvgIpc) is 2.86. The summed E-state index contributed by atoms with van der Waals surface area (Å²) in [7, 11) is 2.08. The first kappa shape index (κ1) is 16.9. The van der Waals surface area contributed by atoms with E-state index in [1.165, 1.54) is 49.2 Å². The zero-order valence-corrected chi connectivity index (χ0v) is 14.7. The Bertz CT molecular complexity index is 410. The van der Waals surface area contributed by atoms with Crippen LogP contribution in [-0.2, 0) is 19.9 Å². The van der Waals surface area contributed by atoms with Crippen molar-refractivity contribution in [2.75, 3.05) is 12.3 Å². The van der Waals surface area contributed by atoms with Gasteiger partial charge in [-0.15, -0.1) is 0 Å². The molecule has 4 heteroatoms. The first-order valence-electron chi connectivity index (χ1n) is 8.59. The molecule has 1 atom stereocenters. The van der Waals surface area contributed by atoms with E-state index in [0.29, 0.717) is 6.04 Å². The Morgan fingerprint density at radius 2 is 2.10 bits per heavy atom. The summed E-state index contributed by atoms with van der Waals surface area (Å²) in [5.41, 5.74) is 2.57. The van der Waals surface area contributed by atoms with Gasteiger partial charge in [-0.25, -0.2) is 0 Å². The summed E-state index contributed by atoms with van der Waals surface area (Å²) in [4.78, 5) is 0. The lowest BCUT2D eigenvalue weighted by atomic mass is 10.0. The van der Waals surface area contributed by atoms with Crippen LogP contribution in [-0.4, -0.2) is 33.4 Å². The highest BCUT2D eigenvalue weighted by Gasteiger charge is 2.18. The van der Waals surface area contributed by atoms with Crippen LogP contribution in [0.5, 0.6) is 0 Å². The van der Waals surface area contributed by atoms with Gasteiger partial charge in [0.05, 0.1) is 5.69 Å². The number of thioether (sulfide) groups is 1. The maximum absolute atomic E-state index is 4.57. The van der Waals surface area contributed by atoms with E-state index in [0.717, 1.165) is 24.6 Å². The quantitative estimate of drug-likeness (QED) is 0.796. The first-order valence-corrected chi connectivity index (χ1v) is 9.64. The molecule has 3 nitrogen and oxygen atoms in total. The van der Waals surface area contributed by atoms with Crippen molar-refractivity contribution in [3.8, 4) is 0 Å². The second-order valence-electron chi connectivity index (χ2n) is 6.16. The second kappa shape index (κ2) is 8.84. The van der Waals surface area contributed by atoms with E-state index in [1.54, 1.807) is 0 Å². The number of hydrogen-bond acceptors (Lipinski definition) is 3. The monoisotopic (exact) mass is 309 g/mol. The molecule has 0 bridgehead atoms. The number of likely N-dealkylation sites (N-methyl/N-ethyl adjacent to an activating group) is 1. The number of nitrogens with one attached hydrogen (secondary N) is 1. The molecular weight excluding hydrogens is 278 g/mol. The smallest absolute Gasteiger partial charge is 0.0624 e. The summed E-state index contributed by atoms with van der Waals surface area (Å²) in [5.74, 6) is 1.23. The Kier molecular flexibility index (Phi) is 7.11. The Morgan fingerprint density at radius 1 is 1.33 bits per heavy atom. The third-order valence-corrected chi connectivity index (χ3v) is 5.96. The number of aromatic nitrogens is 2. The molecule has 1 N–H and O–H groups in total. The minimum atomic E-state index is 0.571. The standard InChI is InChI=1S/C17H31N3S/c1-4-14-11-16(20(3)19-14)12-15(18-5-2)13-21-17-9-7-6-8-10-17/h11,15,17-18H,4-10,12-13H2,1-3H3. The number of nitrogens with zero attached hydrogens (tertiary/aromatic N) is 2. The molecule has 0 aromatic carbocycles. The van der Waals surface area contributed by atoms with E-state index < -0.39 is 0 Å². The SMILES string of the molecule is CCNC(CSC1CCCCC1)Cc1cc(CC)nn1C. The van der Waals surface area contributed by atoms with Crippen molar-refractivity contribution in [3.05, 3.63) is 17.5 Å². The molecule has 1 fully saturated rings. The van der Waals surface area contributed by atoms with Gasteiger partial charge in [0, 0.05) is 36.2 Å². The molecule has 0 spiro atoms. The van der Waals surface area contributed by atoms with Gasteiger partial charge in [-0.05, 0) is 31.9 Å². The lowest BCUT2D eigenvalue weighted by Gasteiger charge is -2.24. The van der Waals surface area contributed by atoms with Gasteiger partial charge in [0.2, 0.25) is 0 Å². The van der Waals surface area contributed by atoms with Gasteiger partial charge < -0.3 is 5.32 Å². The van der Waals surface area contributed by atoms with E-state index in [9.17, 15) is 0 Å². The Labute approximate surface area is 134 Å². The van der Waals surface area contributed by atoms with Crippen molar-refractivity contribution < 1.29 is 0 Å². The molecule has 1 aliphatic carbocycles. The zero-order chi connectivity index (χ0) is 15.1. The molecule has 1 heterocycles. The topological polar surface area (TPSA) is 29.9 Å². The van der Waals surface area contributed by atoms with Crippen molar-refractivity contribution in [1.82, 2.24) is 15.1 Å². The van der Waals surface area contributed by atoms with E-state index in [-0.39, 0.29) is 0 Å². The molecule has 0 saturated heterocycles. The Hall–Kier alpha value is -0.480. The summed E-state index contributed by atoms with van der Waals surface area (Å²) in [6.45, 7) is 5.43. The molecule has 0 amide bonds. The minimum Gasteiger partial charge on any atom is -0.313 e. The fourth-order valence-electron chi connectivity index (χ4n) is 3.15. The van der Waals surface area contributed by atoms with Gasteiger partial charge in [0.25, 0.3) is 0 Å². The molecule has 1 aromatic heterocycles. The number of hydrogen-bond donors (Lipinski definition) is 1. The van der Waals surface area contributed by atoms with Crippen LogP contribution in [0.1, 0.15) is 57.3 Å². The van der Waals surface area contributed by atoms with Gasteiger partial charge >= 0.3 is 0 Å². The van der Waals surface area contributed by atoms with Crippen molar-refractivity contribution in [3.63, 3.8) is 0 Å². The van der Waals surface area contributed by atoms with Crippen molar-refractivity contribution in [1.29, 1.82) is 0 Å². The normalized spacial score (nSPS) is 18.0. The van der Waals surface area contributed by atoms with Crippen molar-refractivity contribution in [2.45, 2.75) is 70.1 Å². The van der Waals surface area contributed by atoms with Crippen LogP contribution >= 0.6 is 11.8 Å². The number of aryl methyl sites for hydroxylation is 2. The van der Waals surface area contributed by atoms with Gasteiger partial charge in [-0.3, -0.25) is 4.68 Å². The lowest BCUT2D eigenvalue weighted by Crippen LogP contribution is -2.34. The number of rotatable bonds is 8. The molecule has 1 unspecified atom stereocenters. The molecule has 21 heavy (non-hydrogen) atoms. The predicted molar refractivity (Wildman–Crippen MR) is 93.1 cm³/mol. The van der Waals surface area contributed by atoms with Gasteiger partial charge in [0.15, 0.2) is 0 Å². The van der Waals surface area contributed by atoms with E-state index in [1.807, 2.05) is 0 Å². The molecule has 1 aliphatic rings. The molecule has 120 valence electrons. The predicted octanol–water partition coefficient (Wildman–Crippen LogP) is 3.57. The minimum absolute atomic E-state index is 0.571. The fourth-order valence-corrected chi connectivity index (χ4v) is 4.56. The van der Waals surface area contributed by atoms with Crippen LogP contribution in [0.2, 0.25) is 0 Å².